The minimum absolute atomic E-state index is 0.000886. The number of nitrogens with one attached hydrogen (secondary N) is 1. The zero-order valence-corrected chi connectivity index (χ0v) is 12.8. The maximum absolute atomic E-state index is 13.2. The highest BCUT2D eigenvalue weighted by Gasteiger charge is 2.24. The van der Waals surface area contributed by atoms with Crippen LogP contribution in [0.15, 0.2) is 35.7 Å². The van der Waals surface area contributed by atoms with Crippen LogP contribution in [0.25, 0.3) is 0 Å². The number of ketones is 1. The van der Waals surface area contributed by atoms with Gasteiger partial charge in [-0.15, -0.1) is 11.3 Å². The molecule has 1 aliphatic rings. The highest BCUT2D eigenvalue weighted by Crippen LogP contribution is 2.31. The summed E-state index contributed by atoms with van der Waals surface area (Å²) in [7, 11) is 0. The van der Waals surface area contributed by atoms with Crippen molar-refractivity contribution in [2.24, 2.45) is 0 Å². The summed E-state index contributed by atoms with van der Waals surface area (Å²) in [6, 6.07) is 8.21. The second-order valence-corrected chi connectivity index (χ2v) is 6.35. The lowest BCUT2D eigenvalue weighted by Crippen LogP contribution is -2.27. The standard InChI is InChI=1S/C17H16FNO2S/c18-12-4-5-13-11(10-12)3-6-14(13)19-17(21)8-7-15(20)16-2-1-9-22-16/h1-2,4-5,9-10,14H,3,6-8H2,(H,19,21)/t14-/m0/s1. The Bertz CT molecular complexity index is 697. The van der Waals surface area contributed by atoms with Gasteiger partial charge in [0.05, 0.1) is 10.9 Å². The van der Waals surface area contributed by atoms with E-state index in [1.165, 1.54) is 23.5 Å². The van der Waals surface area contributed by atoms with E-state index in [1.54, 1.807) is 12.1 Å². The predicted molar refractivity (Wildman–Crippen MR) is 83.5 cm³/mol. The number of benzene rings is 1. The second-order valence-electron chi connectivity index (χ2n) is 5.40. The highest BCUT2D eigenvalue weighted by atomic mass is 32.1. The topological polar surface area (TPSA) is 46.2 Å². The average molecular weight is 317 g/mol. The van der Waals surface area contributed by atoms with Crippen LogP contribution in [0.3, 0.4) is 0 Å². The molecule has 0 unspecified atom stereocenters. The average Bonchev–Trinajstić information content (AvgIpc) is 3.15. The fourth-order valence-corrected chi connectivity index (χ4v) is 3.48. The van der Waals surface area contributed by atoms with Gasteiger partial charge in [-0.05, 0) is 47.5 Å². The molecule has 3 nitrogen and oxygen atoms in total. The molecule has 2 aromatic rings. The van der Waals surface area contributed by atoms with Gasteiger partial charge < -0.3 is 5.32 Å². The fraction of sp³-hybridized carbons (Fsp3) is 0.294. The van der Waals surface area contributed by atoms with E-state index in [2.05, 4.69) is 5.32 Å². The minimum Gasteiger partial charge on any atom is -0.349 e. The Hall–Kier alpha value is -2.01. The van der Waals surface area contributed by atoms with Crippen molar-refractivity contribution < 1.29 is 14.0 Å². The fourth-order valence-electron chi connectivity index (χ4n) is 2.79. The van der Waals surface area contributed by atoms with Crippen molar-refractivity contribution in [2.45, 2.75) is 31.7 Å². The van der Waals surface area contributed by atoms with E-state index in [1.807, 2.05) is 11.4 Å². The molecule has 1 aliphatic carbocycles. The maximum Gasteiger partial charge on any atom is 0.220 e. The van der Waals surface area contributed by atoms with Gasteiger partial charge in [0, 0.05) is 12.8 Å². The molecular formula is C17H16FNO2S. The van der Waals surface area contributed by atoms with Crippen molar-refractivity contribution in [3.63, 3.8) is 0 Å². The molecular weight excluding hydrogens is 301 g/mol. The first-order valence-corrected chi connectivity index (χ1v) is 8.16. The molecule has 1 aromatic carbocycles. The van der Waals surface area contributed by atoms with E-state index in [0.717, 1.165) is 24.0 Å². The maximum atomic E-state index is 13.2. The van der Waals surface area contributed by atoms with Crippen LogP contribution in [0.4, 0.5) is 4.39 Å². The molecule has 0 saturated heterocycles. The first-order valence-electron chi connectivity index (χ1n) is 7.28. The first kappa shape index (κ1) is 14.9. The number of hydrogen-bond donors (Lipinski definition) is 1. The Morgan fingerprint density at radius 3 is 2.91 bits per heavy atom. The van der Waals surface area contributed by atoms with Crippen LogP contribution < -0.4 is 5.32 Å². The zero-order chi connectivity index (χ0) is 15.5. The minimum atomic E-state index is -0.243. The van der Waals surface area contributed by atoms with Gasteiger partial charge in [-0.25, -0.2) is 4.39 Å². The van der Waals surface area contributed by atoms with Gasteiger partial charge >= 0.3 is 0 Å². The summed E-state index contributed by atoms with van der Waals surface area (Å²) >= 11 is 1.39. The van der Waals surface area contributed by atoms with Crippen LogP contribution >= 0.6 is 11.3 Å². The van der Waals surface area contributed by atoms with Gasteiger partial charge in [0.25, 0.3) is 0 Å². The van der Waals surface area contributed by atoms with Crippen molar-refractivity contribution in [3.8, 4) is 0 Å². The monoisotopic (exact) mass is 317 g/mol. The van der Waals surface area contributed by atoms with Crippen molar-refractivity contribution in [3.05, 3.63) is 57.5 Å². The number of aryl methyl sites for hydroxylation is 1. The van der Waals surface area contributed by atoms with Gasteiger partial charge in [-0.2, -0.15) is 0 Å². The first-order chi connectivity index (χ1) is 10.6. The van der Waals surface area contributed by atoms with Gasteiger partial charge in [-0.1, -0.05) is 12.1 Å². The third kappa shape index (κ3) is 3.25. The van der Waals surface area contributed by atoms with E-state index < -0.39 is 0 Å². The van der Waals surface area contributed by atoms with Crippen molar-refractivity contribution in [1.29, 1.82) is 0 Å². The lowest BCUT2D eigenvalue weighted by atomic mass is 10.1. The summed E-state index contributed by atoms with van der Waals surface area (Å²) < 4.78 is 13.2. The van der Waals surface area contributed by atoms with Crippen molar-refractivity contribution in [1.82, 2.24) is 5.32 Å². The number of rotatable bonds is 5. The molecule has 0 aliphatic heterocycles. The SMILES string of the molecule is O=C(CCC(=O)c1cccs1)N[C@H]1CCc2cc(F)ccc21. The molecule has 1 N–H and O–H groups in total. The van der Waals surface area contributed by atoms with E-state index >= 15 is 0 Å². The molecule has 0 fully saturated rings. The normalized spacial score (nSPS) is 16.3. The van der Waals surface area contributed by atoms with Crippen LogP contribution in [0.5, 0.6) is 0 Å². The van der Waals surface area contributed by atoms with Gasteiger partial charge in [0.15, 0.2) is 5.78 Å². The van der Waals surface area contributed by atoms with Gasteiger partial charge in [0.1, 0.15) is 5.82 Å². The summed E-state index contributed by atoms with van der Waals surface area (Å²) in [6.07, 6.45) is 1.95. The largest absolute Gasteiger partial charge is 0.349 e. The molecule has 3 rings (SSSR count). The number of fused-ring (bicyclic) bond motifs is 1. The Balaban J connectivity index is 1.54. The number of hydrogen-bond acceptors (Lipinski definition) is 3. The summed E-state index contributed by atoms with van der Waals surface area (Å²) in [5.41, 5.74) is 1.94. The molecule has 114 valence electrons. The molecule has 0 bridgehead atoms. The van der Waals surface area contributed by atoms with Crippen LogP contribution in [-0.2, 0) is 11.2 Å². The number of Topliss-reactive ketones (excluding diaryl/α,β-unsaturated/α-hetero) is 1. The van der Waals surface area contributed by atoms with Gasteiger partial charge in [-0.3, -0.25) is 9.59 Å². The summed E-state index contributed by atoms with van der Waals surface area (Å²) in [4.78, 5) is 24.6. The van der Waals surface area contributed by atoms with Crippen molar-refractivity contribution in [2.75, 3.05) is 0 Å². The quantitative estimate of drug-likeness (QED) is 0.856. The molecule has 1 heterocycles. The smallest absolute Gasteiger partial charge is 0.220 e. The Kier molecular flexibility index (Phi) is 4.34. The lowest BCUT2D eigenvalue weighted by molar-refractivity contribution is -0.121. The number of carbonyl (C=O) groups excluding carboxylic acids is 2. The van der Waals surface area contributed by atoms with Crippen LogP contribution in [0.1, 0.15) is 46.1 Å². The molecule has 0 spiro atoms. The molecule has 5 heteroatoms. The summed E-state index contributed by atoms with van der Waals surface area (Å²) in [6.45, 7) is 0. The van der Waals surface area contributed by atoms with Crippen LogP contribution in [0, 0.1) is 5.82 Å². The van der Waals surface area contributed by atoms with Gasteiger partial charge in [0.2, 0.25) is 5.91 Å². The number of carbonyl (C=O) groups is 2. The number of amides is 1. The Morgan fingerprint density at radius 2 is 2.14 bits per heavy atom. The molecule has 22 heavy (non-hydrogen) atoms. The number of halogens is 1. The second kappa shape index (κ2) is 6.40. The Morgan fingerprint density at radius 1 is 1.27 bits per heavy atom. The zero-order valence-electron chi connectivity index (χ0n) is 12.0. The van der Waals surface area contributed by atoms with Crippen molar-refractivity contribution >= 4 is 23.0 Å². The van der Waals surface area contributed by atoms with E-state index in [4.69, 9.17) is 0 Å². The molecule has 1 amide bonds. The summed E-state index contributed by atoms with van der Waals surface area (Å²) in [5.74, 6) is -0.376. The lowest BCUT2D eigenvalue weighted by Gasteiger charge is -2.14. The predicted octanol–water partition coefficient (Wildman–Crippen LogP) is 3.65. The third-order valence-electron chi connectivity index (χ3n) is 3.89. The molecule has 1 atom stereocenters. The van der Waals surface area contributed by atoms with E-state index in [0.29, 0.717) is 4.88 Å². The molecule has 0 saturated carbocycles. The molecule has 0 radical (unpaired) electrons. The van der Waals surface area contributed by atoms with E-state index in [9.17, 15) is 14.0 Å². The van der Waals surface area contributed by atoms with Crippen LogP contribution in [0.2, 0.25) is 0 Å². The third-order valence-corrected chi connectivity index (χ3v) is 4.80. The Labute approximate surface area is 132 Å². The summed E-state index contributed by atoms with van der Waals surface area (Å²) in [5, 5.41) is 4.79. The van der Waals surface area contributed by atoms with Crippen LogP contribution in [-0.4, -0.2) is 11.7 Å². The van der Waals surface area contributed by atoms with E-state index in [-0.39, 0.29) is 36.4 Å². The molecule has 1 aromatic heterocycles. The number of thiophene rings is 1. The highest BCUT2D eigenvalue weighted by molar-refractivity contribution is 7.12.